The highest BCUT2D eigenvalue weighted by atomic mass is 35.5. The predicted molar refractivity (Wildman–Crippen MR) is 70.8 cm³/mol. The zero-order valence-electron chi connectivity index (χ0n) is 10.8. The molecule has 0 unspecified atom stereocenters. The Balaban J connectivity index is 2.53. The fourth-order valence-electron chi connectivity index (χ4n) is 1.56. The van der Waals surface area contributed by atoms with E-state index in [1.807, 2.05) is 38.7 Å². The minimum Gasteiger partial charge on any atom is -0.347 e. The van der Waals surface area contributed by atoms with Gasteiger partial charge in [0.1, 0.15) is 5.69 Å². The lowest BCUT2D eigenvalue weighted by atomic mass is 10.3. The van der Waals surface area contributed by atoms with Crippen LogP contribution in [0.15, 0.2) is 12.3 Å². The largest absolute Gasteiger partial charge is 0.347 e. The first-order chi connectivity index (χ1) is 8.49. The molecule has 0 radical (unpaired) electrons. The Kier molecular flexibility index (Phi) is 3.47. The zero-order valence-corrected chi connectivity index (χ0v) is 11.5. The van der Waals surface area contributed by atoms with Gasteiger partial charge in [0.15, 0.2) is 5.82 Å². The summed E-state index contributed by atoms with van der Waals surface area (Å²) in [5, 5.41) is 4.44. The van der Waals surface area contributed by atoms with Crippen molar-refractivity contribution < 1.29 is 0 Å². The summed E-state index contributed by atoms with van der Waals surface area (Å²) in [6, 6.07) is 2.10. The highest BCUT2D eigenvalue weighted by Gasteiger charge is 2.14. The van der Waals surface area contributed by atoms with Crippen LogP contribution in [-0.4, -0.2) is 38.8 Å². The highest BCUT2D eigenvalue weighted by molar-refractivity contribution is 6.28. The van der Waals surface area contributed by atoms with Gasteiger partial charge in [0.05, 0.1) is 0 Å². The molecule has 0 saturated heterocycles. The van der Waals surface area contributed by atoms with E-state index in [1.165, 1.54) is 0 Å². The van der Waals surface area contributed by atoms with Crippen molar-refractivity contribution in [2.75, 3.05) is 19.0 Å². The maximum Gasteiger partial charge on any atom is 0.229 e. The fraction of sp³-hybridized carbons (Fsp3) is 0.455. The van der Waals surface area contributed by atoms with E-state index in [9.17, 15) is 0 Å². The van der Waals surface area contributed by atoms with Gasteiger partial charge in [-0.2, -0.15) is 20.1 Å². The summed E-state index contributed by atoms with van der Waals surface area (Å²) >= 11 is 5.92. The first-order valence-electron chi connectivity index (χ1n) is 5.62. The Hall–Kier alpha value is -1.69. The normalized spacial score (nSPS) is 11.0. The molecule has 2 heterocycles. The maximum atomic E-state index is 5.92. The molecule has 0 fully saturated rings. The molecule has 0 aromatic carbocycles. The molecular formula is C11H15ClN6. The van der Waals surface area contributed by atoms with Crippen LogP contribution < -0.4 is 4.90 Å². The third-order valence-electron chi connectivity index (χ3n) is 2.38. The van der Waals surface area contributed by atoms with Crippen LogP contribution in [0.3, 0.4) is 0 Å². The molecule has 96 valence electrons. The van der Waals surface area contributed by atoms with E-state index in [1.54, 1.807) is 11.1 Å². The van der Waals surface area contributed by atoms with Crippen LogP contribution in [0.1, 0.15) is 19.9 Å². The monoisotopic (exact) mass is 266 g/mol. The first-order valence-corrected chi connectivity index (χ1v) is 5.99. The van der Waals surface area contributed by atoms with E-state index in [-0.39, 0.29) is 11.3 Å². The van der Waals surface area contributed by atoms with Crippen molar-refractivity contribution in [2.24, 2.45) is 0 Å². The molecule has 0 spiro atoms. The lowest BCUT2D eigenvalue weighted by molar-refractivity contribution is 0.536. The van der Waals surface area contributed by atoms with Gasteiger partial charge in [0.2, 0.25) is 11.2 Å². The summed E-state index contributed by atoms with van der Waals surface area (Å²) in [7, 11) is 3.71. The molecule has 0 saturated carbocycles. The molecule has 0 amide bonds. The molecular weight excluding hydrogens is 252 g/mol. The van der Waals surface area contributed by atoms with Crippen molar-refractivity contribution in [3.63, 3.8) is 0 Å². The van der Waals surface area contributed by atoms with Crippen molar-refractivity contribution in [1.29, 1.82) is 0 Å². The van der Waals surface area contributed by atoms with E-state index >= 15 is 0 Å². The van der Waals surface area contributed by atoms with Crippen LogP contribution in [0.2, 0.25) is 5.28 Å². The van der Waals surface area contributed by atoms with Gasteiger partial charge >= 0.3 is 0 Å². The number of hydrogen-bond acceptors (Lipinski definition) is 5. The molecule has 0 atom stereocenters. The number of nitrogens with zero attached hydrogens (tertiary/aromatic N) is 6. The topological polar surface area (TPSA) is 59.7 Å². The second-order valence-corrected chi connectivity index (χ2v) is 4.72. The van der Waals surface area contributed by atoms with Gasteiger partial charge in [-0.25, -0.2) is 0 Å². The average Bonchev–Trinajstić information content (AvgIpc) is 2.76. The van der Waals surface area contributed by atoms with E-state index in [4.69, 9.17) is 11.6 Å². The van der Waals surface area contributed by atoms with E-state index < -0.39 is 0 Å². The van der Waals surface area contributed by atoms with Gasteiger partial charge in [-0.3, -0.25) is 4.68 Å². The SMILES string of the molecule is CC(C)n1nccc1-c1nc(Cl)nc(N(C)C)n1. The first kappa shape index (κ1) is 12.8. The zero-order chi connectivity index (χ0) is 13.3. The molecule has 2 aromatic heterocycles. The molecule has 0 N–H and O–H groups in total. The molecule has 7 heteroatoms. The lowest BCUT2D eigenvalue weighted by Gasteiger charge is -2.13. The van der Waals surface area contributed by atoms with Crippen molar-refractivity contribution in [2.45, 2.75) is 19.9 Å². The Bertz CT molecular complexity index is 548. The summed E-state index contributed by atoms with van der Waals surface area (Å²) in [5.74, 6) is 1.06. The van der Waals surface area contributed by atoms with Gasteiger partial charge in [-0.05, 0) is 31.5 Å². The molecule has 2 rings (SSSR count). The number of aromatic nitrogens is 5. The van der Waals surface area contributed by atoms with Crippen LogP contribution in [0, 0.1) is 0 Å². The van der Waals surface area contributed by atoms with Gasteiger partial charge in [0.25, 0.3) is 0 Å². The second kappa shape index (κ2) is 4.89. The van der Waals surface area contributed by atoms with Crippen molar-refractivity contribution in [3.8, 4) is 11.5 Å². The van der Waals surface area contributed by atoms with Gasteiger partial charge in [-0.1, -0.05) is 0 Å². The summed E-state index contributed by atoms with van der Waals surface area (Å²) in [4.78, 5) is 14.4. The minimum atomic E-state index is 0.181. The summed E-state index contributed by atoms with van der Waals surface area (Å²) < 4.78 is 1.85. The van der Waals surface area contributed by atoms with Crippen LogP contribution in [0.25, 0.3) is 11.5 Å². The molecule has 18 heavy (non-hydrogen) atoms. The summed E-state index contributed by atoms with van der Waals surface area (Å²) in [6.07, 6.45) is 1.72. The standard InChI is InChI=1S/C11H15ClN6/c1-7(2)18-8(5-6-13-18)9-14-10(12)16-11(15-9)17(3)4/h5-7H,1-4H3. The van der Waals surface area contributed by atoms with Crippen molar-refractivity contribution in [1.82, 2.24) is 24.7 Å². The number of hydrogen-bond donors (Lipinski definition) is 0. The molecule has 6 nitrogen and oxygen atoms in total. The van der Waals surface area contributed by atoms with Crippen LogP contribution in [-0.2, 0) is 0 Å². The molecule has 2 aromatic rings. The van der Waals surface area contributed by atoms with E-state index in [0.717, 1.165) is 5.69 Å². The lowest BCUT2D eigenvalue weighted by Crippen LogP contribution is -2.15. The highest BCUT2D eigenvalue weighted by Crippen LogP contribution is 2.21. The Morgan fingerprint density at radius 2 is 1.94 bits per heavy atom. The number of rotatable bonds is 3. The second-order valence-electron chi connectivity index (χ2n) is 4.38. The van der Waals surface area contributed by atoms with Crippen molar-refractivity contribution >= 4 is 17.5 Å². The van der Waals surface area contributed by atoms with Crippen LogP contribution >= 0.6 is 11.6 Å². The van der Waals surface area contributed by atoms with Crippen LogP contribution in [0.5, 0.6) is 0 Å². The molecule has 0 aliphatic carbocycles. The quantitative estimate of drug-likeness (QED) is 0.851. The maximum absolute atomic E-state index is 5.92. The van der Waals surface area contributed by atoms with Gasteiger partial charge in [-0.15, -0.1) is 0 Å². The smallest absolute Gasteiger partial charge is 0.229 e. The average molecular weight is 267 g/mol. The molecule has 0 aliphatic rings. The Morgan fingerprint density at radius 3 is 2.56 bits per heavy atom. The minimum absolute atomic E-state index is 0.181. The predicted octanol–water partition coefficient (Wildman–Crippen LogP) is 2.04. The number of halogens is 1. The fourth-order valence-corrected chi connectivity index (χ4v) is 1.71. The van der Waals surface area contributed by atoms with Crippen molar-refractivity contribution in [3.05, 3.63) is 17.5 Å². The third kappa shape index (κ3) is 2.43. The molecule has 0 bridgehead atoms. The Morgan fingerprint density at radius 1 is 1.22 bits per heavy atom. The number of anilines is 1. The summed E-state index contributed by atoms with van der Waals surface area (Å²) in [5.41, 5.74) is 0.831. The Labute approximate surface area is 111 Å². The van der Waals surface area contributed by atoms with E-state index in [2.05, 4.69) is 20.1 Å². The third-order valence-corrected chi connectivity index (χ3v) is 2.55. The van der Waals surface area contributed by atoms with Gasteiger partial charge in [0, 0.05) is 26.3 Å². The summed E-state index contributed by atoms with van der Waals surface area (Å²) in [6.45, 7) is 4.10. The van der Waals surface area contributed by atoms with Gasteiger partial charge < -0.3 is 4.90 Å². The van der Waals surface area contributed by atoms with Crippen LogP contribution in [0.4, 0.5) is 5.95 Å². The molecule has 0 aliphatic heterocycles. The van der Waals surface area contributed by atoms with E-state index in [0.29, 0.717) is 11.8 Å².